The topological polar surface area (TPSA) is 21.1 Å². The maximum Gasteiger partial charge on any atom is 0.0945 e. The number of piperidine rings is 1. The van der Waals surface area contributed by atoms with Gasteiger partial charge in [0, 0.05) is 31.4 Å². The number of hydrogen-bond acceptors (Lipinski definition) is 2. The summed E-state index contributed by atoms with van der Waals surface area (Å²) in [5, 5.41) is 0. The second-order valence-electron chi connectivity index (χ2n) is 4.94. The van der Waals surface area contributed by atoms with Gasteiger partial charge in [0.25, 0.3) is 0 Å². The maximum atomic E-state index is 5.83. The van der Waals surface area contributed by atoms with Crippen molar-refractivity contribution >= 4 is 11.6 Å². The Morgan fingerprint density at radius 1 is 1.35 bits per heavy atom. The van der Waals surface area contributed by atoms with Crippen molar-refractivity contribution in [2.75, 3.05) is 25.5 Å². The summed E-state index contributed by atoms with van der Waals surface area (Å²) < 4.78 is 2.15. The smallest absolute Gasteiger partial charge is 0.0945 e. The third-order valence-corrected chi connectivity index (χ3v) is 3.79. The number of alkyl halides is 1. The highest BCUT2D eigenvalue weighted by Gasteiger charge is 2.18. The fourth-order valence-corrected chi connectivity index (χ4v) is 2.95. The van der Waals surface area contributed by atoms with E-state index in [9.17, 15) is 0 Å². The van der Waals surface area contributed by atoms with Gasteiger partial charge in [-0.2, -0.15) is 0 Å². The number of rotatable bonds is 6. The molecule has 1 atom stereocenters. The van der Waals surface area contributed by atoms with Gasteiger partial charge < -0.3 is 9.47 Å². The Labute approximate surface area is 109 Å². The first-order valence-corrected chi connectivity index (χ1v) is 7.16. The fraction of sp³-hybridized carbons (Fsp3) is 0.769. The minimum atomic E-state index is 0.813. The molecule has 0 aliphatic carbocycles. The molecule has 1 fully saturated rings. The summed E-state index contributed by atoms with van der Waals surface area (Å²) in [7, 11) is 0. The molecule has 4 heteroatoms. The first kappa shape index (κ1) is 12.9. The Kier molecular flexibility index (Phi) is 5.33. The monoisotopic (exact) mass is 255 g/mol. The summed E-state index contributed by atoms with van der Waals surface area (Å²) in [6.07, 6.45) is 10.9. The molecule has 2 heterocycles. The van der Waals surface area contributed by atoms with Crippen LogP contribution in [0.15, 0.2) is 18.7 Å². The van der Waals surface area contributed by atoms with E-state index in [0.29, 0.717) is 0 Å². The van der Waals surface area contributed by atoms with Crippen molar-refractivity contribution in [1.82, 2.24) is 14.5 Å². The Balaban J connectivity index is 1.65. The molecule has 0 radical (unpaired) electrons. The van der Waals surface area contributed by atoms with Gasteiger partial charge in [-0.25, -0.2) is 4.98 Å². The molecule has 96 valence electrons. The number of imidazole rings is 1. The summed E-state index contributed by atoms with van der Waals surface area (Å²) in [6, 6.07) is 0. The summed E-state index contributed by atoms with van der Waals surface area (Å²) in [6.45, 7) is 4.80. The predicted molar refractivity (Wildman–Crippen MR) is 71.3 cm³/mol. The lowest BCUT2D eigenvalue weighted by molar-refractivity contribution is 0.168. The highest BCUT2D eigenvalue weighted by Crippen LogP contribution is 2.20. The van der Waals surface area contributed by atoms with E-state index in [0.717, 1.165) is 18.3 Å². The molecular formula is C13H22ClN3. The molecular weight excluding hydrogens is 234 g/mol. The highest BCUT2D eigenvalue weighted by atomic mass is 35.5. The summed E-state index contributed by atoms with van der Waals surface area (Å²) in [4.78, 5) is 6.65. The van der Waals surface area contributed by atoms with E-state index >= 15 is 0 Å². The maximum absolute atomic E-state index is 5.83. The molecule has 3 nitrogen and oxygen atoms in total. The average Bonchev–Trinajstić information content (AvgIpc) is 2.83. The minimum absolute atomic E-state index is 0.813. The van der Waals surface area contributed by atoms with Crippen LogP contribution in [0.3, 0.4) is 0 Å². The lowest BCUT2D eigenvalue weighted by Gasteiger charge is -2.32. The molecule has 0 bridgehead atoms. The number of aryl methyl sites for hydroxylation is 1. The van der Waals surface area contributed by atoms with Crippen LogP contribution in [0.5, 0.6) is 0 Å². The molecule has 1 unspecified atom stereocenters. The molecule has 2 rings (SSSR count). The van der Waals surface area contributed by atoms with Crippen molar-refractivity contribution in [3.8, 4) is 0 Å². The third-order valence-electron chi connectivity index (χ3n) is 3.57. The van der Waals surface area contributed by atoms with Crippen molar-refractivity contribution < 1.29 is 0 Å². The molecule has 0 spiro atoms. The Bertz CT molecular complexity index is 298. The van der Waals surface area contributed by atoms with Crippen LogP contribution in [0.25, 0.3) is 0 Å². The Morgan fingerprint density at radius 3 is 3.06 bits per heavy atom. The largest absolute Gasteiger partial charge is 0.337 e. The van der Waals surface area contributed by atoms with Crippen LogP contribution in [-0.2, 0) is 6.54 Å². The number of halogens is 1. The van der Waals surface area contributed by atoms with Gasteiger partial charge in [-0.1, -0.05) is 0 Å². The van der Waals surface area contributed by atoms with Gasteiger partial charge in [-0.05, 0) is 44.7 Å². The first-order valence-electron chi connectivity index (χ1n) is 6.62. The van der Waals surface area contributed by atoms with E-state index in [4.69, 9.17) is 11.6 Å². The number of likely N-dealkylation sites (tertiary alicyclic amines) is 1. The Morgan fingerprint density at radius 2 is 2.29 bits per heavy atom. The van der Waals surface area contributed by atoms with Crippen LogP contribution in [0.2, 0.25) is 0 Å². The number of nitrogens with zero attached hydrogens (tertiary/aromatic N) is 3. The zero-order valence-electron chi connectivity index (χ0n) is 10.4. The summed E-state index contributed by atoms with van der Waals surface area (Å²) >= 11 is 5.83. The first-order chi connectivity index (χ1) is 8.38. The normalized spacial score (nSPS) is 21.8. The average molecular weight is 256 g/mol. The summed E-state index contributed by atoms with van der Waals surface area (Å²) in [5.41, 5.74) is 0. The van der Waals surface area contributed by atoms with Crippen molar-refractivity contribution in [2.24, 2.45) is 5.92 Å². The molecule has 0 aromatic carbocycles. The van der Waals surface area contributed by atoms with Gasteiger partial charge >= 0.3 is 0 Å². The lowest BCUT2D eigenvalue weighted by Crippen LogP contribution is -2.36. The highest BCUT2D eigenvalue weighted by molar-refractivity contribution is 6.17. The van der Waals surface area contributed by atoms with Crippen LogP contribution in [0, 0.1) is 5.92 Å². The van der Waals surface area contributed by atoms with Crippen LogP contribution < -0.4 is 0 Å². The molecule has 0 N–H and O–H groups in total. The van der Waals surface area contributed by atoms with Crippen LogP contribution in [0.4, 0.5) is 0 Å². The standard InChI is InChI=1S/C13H22ClN3/c14-5-4-13-3-1-7-16(11-13)8-2-9-17-10-6-15-12-17/h6,10,12-13H,1-5,7-9,11H2. The molecule has 1 aliphatic rings. The fourth-order valence-electron chi connectivity index (χ4n) is 2.64. The van der Waals surface area contributed by atoms with Gasteiger partial charge in [0.15, 0.2) is 0 Å². The lowest BCUT2D eigenvalue weighted by atomic mass is 9.95. The molecule has 1 aromatic rings. The molecule has 17 heavy (non-hydrogen) atoms. The predicted octanol–water partition coefficient (Wildman–Crippen LogP) is 2.61. The van der Waals surface area contributed by atoms with E-state index in [1.165, 1.54) is 45.3 Å². The van der Waals surface area contributed by atoms with E-state index in [2.05, 4.69) is 14.5 Å². The molecule has 1 aromatic heterocycles. The van der Waals surface area contributed by atoms with Crippen molar-refractivity contribution in [3.05, 3.63) is 18.7 Å². The molecule has 1 aliphatic heterocycles. The van der Waals surface area contributed by atoms with Crippen LogP contribution in [-0.4, -0.2) is 40.0 Å². The van der Waals surface area contributed by atoms with Gasteiger partial charge in [0.2, 0.25) is 0 Å². The van der Waals surface area contributed by atoms with E-state index in [1.807, 2.05) is 18.7 Å². The number of aromatic nitrogens is 2. The van der Waals surface area contributed by atoms with Crippen molar-refractivity contribution in [3.63, 3.8) is 0 Å². The van der Waals surface area contributed by atoms with Crippen molar-refractivity contribution in [2.45, 2.75) is 32.2 Å². The molecule has 0 amide bonds. The Hall–Kier alpha value is -0.540. The van der Waals surface area contributed by atoms with E-state index in [1.54, 1.807) is 0 Å². The van der Waals surface area contributed by atoms with Gasteiger partial charge in [0.05, 0.1) is 6.33 Å². The van der Waals surface area contributed by atoms with Gasteiger partial charge in [0.1, 0.15) is 0 Å². The molecule has 0 saturated carbocycles. The van der Waals surface area contributed by atoms with Gasteiger partial charge in [-0.3, -0.25) is 0 Å². The quantitative estimate of drug-likeness (QED) is 0.729. The van der Waals surface area contributed by atoms with Crippen molar-refractivity contribution in [1.29, 1.82) is 0 Å². The third kappa shape index (κ3) is 4.32. The second-order valence-corrected chi connectivity index (χ2v) is 5.32. The summed E-state index contributed by atoms with van der Waals surface area (Å²) in [5.74, 6) is 1.64. The zero-order valence-corrected chi connectivity index (χ0v) is 11.1. The number of hydrogen-bond donors (Lipinski definition) is 0. The minimum Gasteiger partial charge on any atom is -0.337 e. The van der Waals surface area contributed by atoms with Crippen LogP contribution >= 0.6 is 11.6 Å². The van der Waals surface area contributed by atoms with E-state index in [-0.39, 0.29) is 0 Å². The van der Waals surface area contributed by atoms with Crippen LogP contribution in [0.1, 0.15) is 25.7 Å². The van der Waals surface area contributed by atoms with E-state index < -0.39 is 0 Å². The van der Waals surface area contributed by atoms with Gasteiger partial charge in [-0.15, -0.1) is 11.6 Å². The second kappa shape index (κ2) is 7.02. The SMILES string of the molecule is ClCCC1CCCN(CCCn2ccnc2)C1. The molecule has 1 saturated heterocycles. The zero-order chi connectivity index (χ0) is 11.9.